The number of aromatic nitrogens is 2. The molecule has 3 aromatic rings. The van der Waals surface area contributed by atoms with Crippen LogP contribution in [0.3, 0.4) is 0 Å². The van der Waals surface area contributed by atoms with Gasteiger partial charge in [0.2, 0.25) is 0 Å². The first-order valence-electron chi connectivity index (χ1n) is 6.99. The number of nitrogens with zero attached hydrogens (tertiary/aromatic N) is 1. The van der Waals surface area contributed by atoms with Crippen LogP contribution < -0.4 is 0 Å². The molecule has 1 N–H and O–H groups in total. The van der Waals surface area contributed by atoms with Crippen molar-refractivity contribution in [1.29, 1.82) is 0 Å². The lowest BCUT2D eigenvalue weighted by atomic mass is 10.1. The lowest BCUT2D eigenvalue weighted by molar-refractivity contribution is 0.202. The Balaban J connectivity index is 2.23. The lowest BCUT2D eigenvalue weighted by Crippen LogP contribution is -2.03. The highest BCUT2D eigenvalue weighted by Gasteiger charge is 2.10. The summed E-state index contributed by atoms with van der Waals surface area (Å²) in [6.07, 6.45) is 0.868. The molecule has 0 saturated heterocycles. The highest BCUT2D eigenvalue weighted by Crippen LogP contribution is 2.23. The molecule has 0 fully saturated rings. The van der Waals surface area contributed by atoms with Gasteiger partial charge in [0.05, 0.1) is 23.3 Å². The van der Waals surface area contributed by atoms with Gasteiger partial charge in [-0.25, -0.2) is 0 Å². The van der Waals surface area contributed by atoms with Gasteiger partial charge in [0, 0.05) is 7.11 Å². The van der Waals surface area contributed by atoms with Crippen LogP contribution in [0.15, 0.2) is 42.5 Å². The Morgan fingerprint density at radius 2 is 2.00 bits per heavy atom. The van der Waals surface area contributed by atoms with Crippen molar-refractivity contribution in [3.63, 3.8) is 0 Å². The minimum atomic E-state index is 0.700. The monoisotopic (exact) mass is 298 g/mol. The summed E-state index contributed by atoms with van der Waals surface area (Å²) in [6, 6.07) is 14.7. The number of methoxy groups -OCH3 is 1. The molecule has 108 valence electrons. The third kappa shape index (κ3) is 2.64. The molecule has 1 aromatic heterocycles. The Kier molecular flexibility index (Phi) is 3.90. The summed E-state index contributed by atoms with van der Waals surface area (Å²) in [7, 11) is 1.73. The number of H-pyrrole nitrogens is 1. The van der Waals surface area contributed by atoms with E-state index in [0.717, 1.165) is 27.9 Å². The fourth-order valence-corrected chi connectivity index (χ4v) is 2.91. The second-order valence-electron chi connectivity index (χ2n) is 5.16. The second kappa shape index (κ2) is 5.84. The van der Waals surface area contributed by atoms with Crippen molar-refractivity contribution < 1.29 is 4.74 Å². The first kappa shape index (κ1) is 14.0. The van der Waals surface area contributed by atoms with Gasteiger partial charge in [0.15, 0.2) is 4.77 Å². The summed E-state index contributed by atoms with van der Waals surface area (Å²) in [6.45, 7) is 2.79. The van der Waals surface area contributed by atoms with E-state index in [0.29, 0.717) is 6.61 Å². The van der Waals surface area contributed by atoms with Crippen molar-refractivity contribution in [1.82, 2.24) is 9.55 Å². The van der Waals surface area contributed by atoms with Gasteiger partial charge < -0.3 is 9.72 Å². The Labute approximate surface area is 129 Å². The van der Waals surface area contributed by atoms with E-state index in [2.05, 4.69) is 52.9 Å². The van der Waals surface area contributed by atoms with Crippen LogP contribution in [0, 0.1) is 11.7 Å². The van der Waals surface area contributed by atoms with Gasteiger partial charge in [-0.2, -0.15) is 0 Å². The molecular weight excluding hydrogens is 280 g/mol. The largest absolute Gasteiger partial charge is 0.384 e. The standard InChI is InChI=1S/C17H18N2OS/c1-12-7-8-14-16(11-12)19(17(21)18-14)15-6-4-3-5-13(15)9-10-20-2/h3-8,11H,9-10H2,1-2H3,(H,18,21). The fraction of sp³-hybridized carbons (Fsp3) is 0.235. The van der Waals surface area contributed by atoms with E-state index in [1.807, 2.05) is 6.07 Å². The Morgan fingerprint density at radius 3 is 2.81 bits per heavy atom. The Hall–Kier alpha value is -1.91. The fourth-order valence-electron chi connectivity index (χ4n) is 2.60. The van der Waals surface area contributed by atoms with Gasteiger partial charge in [0.1, 0.15) is 0 Å². The number of para-hydroxylation sites is 1. The maximum absolute atomic E-state index is 5.53. The Morgan fingerprint density at radius 1 is 1.19 bits per heavy atom. The van der Waals surface area contributed by atoms with E-state index in [1.54, 1.807) is 7.11 Å². The molecule has 0 unspecified atom stereocenters. The van der Waals surface area contributed by atoms with E-state index >= 15 is 0 Å². The zero-order valence-corrected chi connectivity index (χ0v) is 13.0. The van der Waals surface area contributed by atoms with E-state index in [-0.39, 0.29) is 0 Å². The van der Waals surface area contributed by atoms with Crippen molar-refractivity contribution in [3.05, 3.63) is 58.4 Å². The maximum Gasteiger partial charge on any atom is 0.182 e. The molecule has 0 aliphatic rings. The lowest BCUT2D eigenvalue weighted by Gasteiger charge is -2.11. The van der Waals surface area contributed by atoms with Crippen molar-refractivity contribution >= 4 is 23.3 Å². The van der Waals surface area contributed by atoms with Gasteiger partial charge in [-0.3, -0.25) is 4.57 Å². The topological polar surface area (TPSA) is 29.9 Å². The van der Waals surface area contributed by atoms with E-state index in [1.165, 1.54) is 11.1 Å². The van der Waals surface area contributed by atoms with Gasteiger partial charge >= 0.3 is 0 Å². The number of hydrogen-bond acceptors (Lipinski definition) is 2. The first-order valence-corrected chi connectivity index (χ1v) is 7.40. The smallest absolute Gasteiger partial charge is 0.182 e. The summed E-state index contributed by atoms with van der Waals surface area (Å²) in [4.78, 5) is 3.28. The predicted molar refractivity (Wildman–Crippen MR) is 88.8 cm³/mol. The van der Waals surface area contributed by atoms with Gasteiger partial charge in [-0.15, -0.1) is 0 Å². The average molecular weight is 298 g/mol. The number of benzene rings is 2. The van der Waals surface area contributed by atoms with Gasteiger partial charge in [-0.1, -0.05) is 24.3 Å². The van der Waals surface area contributed by atoms with Crippen LogP contribution in [-0.4, -0.2) is 23.3 Å². The van der Waals surface area contributed by atoms with Crippen molar-refractivity contribution in [2.45, 2.75) is 13.3 Å². The minimum Gasteiger partial charge on any atom is -0.384 e. The van der Waals surface area contributed by atoms with E-state index < -0.39 is 0 Å². The van der Waals surface area contributed by atoms with Crippen molar-refractivity contribution in [3.8, 4) is 5.69 Å². The third-order valence-electron chi connectivity index (χ3n) is 3.65. The van der Waals surface area contributed by atoms with Gasteiger partial charge in [-0.05, 0) is 54.9 Å². The number of imidazole rings is 1. The normalized spacial score (nSPS) is 11.1. The SMILES string of the molecule is COCCc1ccccc1-n1c(=S)[nH]c2ccc(C)cc21. The minimum absolute atomic E-state index is 0.700. The summed E-state index contributed by atoms with van der Waals surface area (Å²) < 4.78 is 8.05. The molecule has 0 radical (unpaired) electrons. The molecule has 0 saturated carbocycles. The molecule has 0 aliphatic carbocycles. The molecule has 3 nitrogen and oxygen atoms in total. The van der Waals surface area contributed by atoms with E-state index in [4.69, 9.17) is 17.0 Å². The molecule has 0 atom stereocenters. The molecule has 2 aromatic carbocycles. The van der Waals surface area contributed by atoms with Crippen molar-refractivity contribution in [2.24, 2.45) is 0 Å². The number of aryl methyl sites for hydroxylation is 1. The molecule has 21 heavy (non-hydrogen) atoms. The zero-order valence-electron chi connectivity index (χ0n) is 12.2. The molecule has 0 amide bonds. The van der Waals surface area contributed by atoms with Crippen LogP contribution in [0.5, 0.6) is 0 Å². The summed E-state index contributed by atoms with van der Waals surface area (Å²) in [5, 5.41) is 0. The molecule has 0 aliphatic heterocycles. The predicted octanol–water partition coefficient (Wildman–Crippen LogP) is 4.19. The summed E-state index contributed by atoms with van der Waals surface area (Å²) >= 11 is 5.53. The summed E-state index contributed by atoms with van der Waals surface area (Å²) in [5.74, 6) is 0. The number of nitrogens with one attached hydrogen (secondary N) is 1. The van der Waals surface area contributed by atoms with Gasteiger partial charge in [0.25, 0.3) is 0 Å². The first-order chi connectivity index (χ1) is 10.2. The van der Waals surface area contributed by atoms with Crippen molar-refractivity contribution in [2.75, 3.05) is 13.7 Å². The Bertz CT molecular complexity index is 832. The van der Waals surface area contributed by atoms with Crippen LogP contribution >= 0.6 is 12.2 Å². The number of hydrogen-bond donors (Lipinski definition) is 1. The highest BCUT2D eigenvalue weighted by molar-refractivity contribution is 7.71. The quantitative estimate of drug-likeness (QED) is 0.732. The number of ether oxygens (including phenoxy) is 1. The highest BCUT2D eigenvalue weighted by atomic mass is 32.1. The van der Waals surface area contributed by atoms with Crippen LogP contribution in [0.25, 0.3) is 16.7 Å². The van der Waals surface area contributed by atoms with E-state index in [9.17, 15) is 0 Å². The molecular formula is C17H18N2OS. The molecule has 0 bridgehead atoms. The molecule has 0 spiro atoms. The zero-order chi connectivity index (χ0) is 14.8. The number of aromatic amines is 1. The third-order valence-corrected chi connectivity index (χ3v) is 3.93. The maximum atomic E-state index is 5.53. The summed E-state index contributed by atoms with van der Waals surface area (Å²) in [5.41, 5.74) is 5.76. The van der Waals surface area contributed by atoms with Crippen LogP contribution in [0.4, 0.5) is 0 Å². The van der Waals surface area contributed by atoms with Crippen LogP contribution in [-0.2, 0) is 11.2 Å². The molecule has 1 heterocycles. The average Bonchev–Trinajstić information content (AvgIpc) is 2.80. The molecule has 4 heteroatoms. The van der Waals surface area contributed by atoms with Crippen LogP contribution in [0.2, 0.25) is 0 Å². The van der Waals surface area contributed by atoms with Crippen LogP contribution in [0.1, 0.15) is 11.1 Å². The second-order valence-corrected chi connectivity index (χ2v) is 5.54. The number of fused-ring (bicyclic) bond motifs is 1. The molecule has 3 rings (SSSR count). The number of rotatable bonds is 4.